The second-order valence-electron chi connectivity index (χ2n) is 4.78. The van der Waals surface area contributed by atoms with Crippen molar-refractivity contribution in [1.82, 2.24) is 0 Å². The van der Waals surface area contributed by atoms with E-state index in [1.54, 1.807) is 0 Å². The monoisotopic (exact) mass is 254 g/mol. The van der Waals surface area contributed by atoms with Crippen molar-refractivity contribution in [2.24, 2.45) is 5.73 Å². The molecule has 1 amide bonds. The van der Waals surface area contributed by atoms with Crippen molar-refractivity contribution in [1.29, 1.82) is 0 Å². The number of benzene rings is 1. The summed E-state index contributed by atoms with van der Waals surface area (Å²) in [6.45, 7) is 4.00. The highest BCUT2D eigenvalue weighted by Gasteiger charge is 2.40. The molecule has 0 aliphatic heterocycles. The molecule has 17 heavy (non-hydrogen) atoms. The molecule has 1 saturated carbocycles. The molecular formula is C13H19ClN2O. The second-order valence-corrected chi connectivity index (χ2v) is 4.78. The van der Waals surface area contributed by atoms with E-state index in [0.717, 1.165) is 36.1 Å². The Labute approximate surface area is 108 Å². The van der Waals surface area contributed by atoms with Gasteiger partial charge in [-0.05, 0) is 50.3 Å². The Morgan fingerprint density at radius 3 is 2.53 bits per heavy atom. The molecule has 0 aromatic heterocycles. The number of nitrogens with one attached hydrogen (secondary N) is 1. The maximum atomic E-state index is 11.9. The van der Waals surface area contributed by atoms with Gasteiger partial charge in [-0.3, -0.25) is 4.79 Å². The maximum absolute atomic E-state index is 11.9. The van der Waals surface area contributed by atoms with Crippen molar-refractivity contribution in [3.63, 3.8) is 0 Å². The minimum atomic E-state index is -0.629. The fourth-order valence-corrected chi connectivity index (χ4v) is 1.90. The Morgan fingerprint density at radius 2 is 2.00 bits per heavy atom. The summed E-state index contributed by atoms with van der Waals surface area (Å²) in [5.74, 6) is -0.0487. The van der Waals surface area contributed by atoms with Crippen molar-refractivity contribution in [2.45, 2.75) is 38.6 Å². The van der Waals surface area contributed by atoms with E-state index in [1.807, 2.05) is 32.0 Å². The van der Waals surface area contributed by atoms with E-state index in [4.69, 9.17) is 5.73 Å². The molecular weight excluding hydrogens is 236 g/mol. The summed E-state index contributed by atoms with van der Waals surface area (Å²) >= 11 is 0. The molecule has 0 radical (unpaired) electrons. The smallest absolute Gasteiger partial charge is 0.244 e. The highest BCUT2D eigenvalue weighted by Crippen LogP contribution is 2.30. The number of hydrogen-bond donors (Lipinski definition) is 2. The topological polar surface area (TPSA) is 55.1 Å². The lowest BCUT2D eigenvalue weighted by Gasteiger charge is -2.36. The maximum Gasteiger partial charge on any atom is 0.244 e. The van der Waals surface area contributed by atoms with Gasteiger partial charge < -0.3 is 11.1 Å². The van der Waals surface area contributed by atoms with Gasteiger partial charge in [-0.25, -0.2) is 0 Å². The van der Waals surface area contributed by atoms with Crippen LogP contribution in [-0.2, 0) is 4.79 Å². The molecule has 0 saturated heterocycles. The van der Waals surface area contributed by atoms with Gasteiger partial charge in [0.15, 0.2) is 0 Å². The number of halogens is 1. The molecule has 1 aromatic rings. The van der Waals surface area contributed by atoms with Crippen LogP contribution in [0, 0.1) is 13.8 Å². The number of hydrogen-bond acceptors (Lipinski definition) is 2. The van der Waals surface area contributed by atoms with Gasteiger partial charge >= 0.3 is 0 Å². The van der Waals surface area contributed by atoms with Crippen molar-refractivity contribution >= 4 is 24.0 Å². The minimum absolute atomic E-state index is 0. The molecule has 1 aliphatic rings. The van der Waals surface area contributed by atoms with Crippen molar-refractivity contribution in [3.05, 3.63) is 29.3 Å². The number of carbonyl (C=O) groups is 1. The molecule has 94 valence electrons. The lowest BCUT2D eigenvalue weighted by molar-refractivity contribution is -0.123. The Balaban J connectivity index is 0.00000144. The zero-order chi connectivity index (χ0) is 11.8. The molecule has 0 atom stereocenters. The van der Waals surface area contributed by atoms with Gasteiger partial charge in [-0.15, -0.1) is 12.4 Å². The highest BCUT2D eigenvalue weighted by molar-refractivity contribution is 5.99. The van der Waals surface area contributed by atoms with Crippen LogP contribution in [0.1, 0.15) is 30.4 Å². The predicted octanol–water partition coefficient (Wildman–Crippen LogP) is 2.55. The van der Waals surface area contributed by atoms with Crippen LogP contribution in [0.5, 0.6) is 0 Å². The number of carbonyl (C=O) groups excluding carboxylic acids is 1. The average molecular weight is 255 g/mol. The molecule has 1 aliphatic carbocycles. The predicted molar refractivity (Wildman–Crippen MR) is 72.6 cm³/mol. The molecule has 3 nitrogen and oxygen atoms in total. The first kappa shape index (κ1) is 14.0. The van der Waals surface area contributed by atoms with E-state index in [1.165, 1.54) is 0 Å². The summed E-state index contributed by atoms with van der Waals surface area (Å²) in [5, 5.41) is 2.93. The summed E-state index contributed by atoms with van der Waals surface area (Å²) in [6, 6.07) is 6.02. The Bertz CT molecular complexity index is 427. The number of amides is 1. The lowest BCUT2D eigenvalue weighted by atomic mass is 9.77. The van der Waals surface area contributed by atoms with Crippen molar-refractivity contribution < 1.29 is 4.79 Å². The molecule has 2 rings (SSSR count). The van der Waals surface area contributed by atoms with E-state index < -0.39 is 5.54 Å². The fraction of sp³-hybridized carbons (Fsp3) is 0.462. The number of rotatable bonds is 2. The van der Waals surface area contributed by atoms with Crippen LogP contribution in [0.4, 0.5) is 5.69 Å². The third kappa shape index (κ3) is 2.79. The fourth-order valence-electron chi connectivity index (χ4n) is 1.90. The van der Waals surface area contributed by atoms with Gasteiger partial charge in [0.25, 0.3) is 0 Å². The van der Waals surface area contributed by atoms with Gasteiger partial charge in [-0.1, -0.05) is 12.1 Å². The van der Waals surface area contributed by atoms with Crippen LogP contribution in [0.25, 0.3) is 0 Å². The van der Waals surface area contributed by atoms with Crippen LogP contribution in [-0.4, -0.2) is 11.4 Å². The lowest BCUT2D eigenvalue weighted by Crippen LogP contribution is -2.56. The van der Waals surface area contributed by atoms with Gasteiger partial charge in [0.1, 0.15) is 0 Å². The standard InChI is InChI=1S/C13H18N2O.ClH/c1-9-4-5-10(2)11(8-9)15-12(16)13(14)6-3-7-13;/h4-5,8H,3,6-7,14H2,1-2H3,(H,15,16);1H. The molecule has 4 heteroatoms. The van der Waals surface area contributed by atoms with Crippen LogP contribution in [0.2, 0.25) is 0 Å². The van der Waals surface area contributed by atoms with Crippen molar-refractivity contribution in [3.8, 4) is 0 Å². The zero-order valence-electron chi connectivity index (χ0n) is 10.2. The Hall–Kier alpha value is -1.06. The molecule has 0 heterocycles. The van der Waals surface area contributed by atoms with E-state index in [-0.39, 0.29) is 18.3 Å². The zero-order valence-corrected chi connectivity index (χ0v) is 11.1. The molecule has 1 fully saturated rings. The average Bonchev–Trinajstić information content (AvgIpc) is 2.20. The van der Waals surface area contributed by atoms with Gasteiger partial charge in [0.2, 0.25) is 5.91 Å². The first-order chi connectivity index (χ1) is 7.51. The Kier molecular flexibility index (Phi) is 4.17. The van der Waals surface area contributed by atoms with Gasteiger partial charge in [-0.2, -0.15) is 0 Å². The van der Waals surface area contributed by atoms with E-state index in [2.05, 4.69) is 5.32 Å². The van der Waals surface area contributed by atoms with E-state index >= 15 is 0 Å². The first-order valence-corrected chi connectivity index (χ1v) is 5.69. The van der Waals surface area contributed by atoms with Crippen molar-refractivity contribution in [2.75, 3.05) is 5.32 Å². The summed E-state index contributed by atoms with van der Waals surface area (Å²) in [7, 11) is 0. The largest absolute Gasteiger partial charge is 0.324 e. The number of aryl methyl sites for hydroxylation is 2. The molecule has 0 spiro atoms. The first-order valence-electron chi connectivity index (χ1n) is 5.69. The highest BCUT2D eigenvalue weighted by atomic mass is 35.5. The van der Waals surface area contributed by atoms with Crippen LogP contribution in [0.3, 0.4) is 0 Å². The van der Waals surface area contributed by atoms with E-state index in [0.29, 0.717) is 0 Å². The SMILES string of the molecule is Cc1ccc(C)c(NC(=O)C2(N)CCC2)c1.Cl. The van der Waals surface area contributed by atoms with Gasteiger partial charge in [0, 0.05) is 5.69 Å². The van der Waals surface area contributed by atoms with E-state index in [9.17, 15) is 4.79 Å². The Morgan fingerprint density at radius 1 is 1.35 bits per heavy atom. The summed E-state index contributed by atoms with van der Waals surface area (Å²) in [4.78, 5) is 11.9. The minimum Gasteiger partial charge on any atom is -0.324 e. The van der Waals surface area contributed by atoms with Crippen LogP contribution in [0.15, 0.2) is 18.2 Å². The third-order valence-corrected chi connectivity index (χ3v) is 3.34. The van der Waals surface area contributed by atoms with Crippen LogP contribution >= 0.6 is 12.4 Å². The quantitative estimate of drug-likeness (QED) is 0.852. The molecule has 0 bridgehead atoms. The summed E-state index contributed by atoms with van der Waals surface area (Å²) in [6.07, 6.45) is 2.64. The molecule has 3 N–H and O–H groups in total. The summed E-state index contributed by atoms with van der Waals surface area (Å²) < 4.78 is 0. The molecule has 1 aromatic carbocycles. The van der Waals surface area contributed by atoms with Crippen LogP contribution < -0.4 is 11.1 Å². The summed E-state index contributed by atoms with van der Waals surface area (Å²) in [5.41, 5.74) is 8.43. The second kappa shape index (κ2) is 5.07. The number of anilines is 1. The molecule has 0 unspecified atom stereocenters. The normalized spacial score (nSPS) is 16.6. The van der Waals surface area contributed by atoms with Gasteiger partial charge in [0.05, 0.1) is 5.54 Å². The number of nitrogens with two attached hydrogens (primary N) is 1. The third-order valence-electron chi connectivity index (χ3n) is 3.34.